The van der Waals surface area contributed by atoms with E-state index in [0.717, 1.165) is 12.8 Å². The van der Waals surface area contributed by atoms with Crippen LogP contribution in [-0.2, 0) is 4.79 Å². The molecule has 0 bridgehead atoms. The number of carbonyl (C=O) groups is 1. The van der Waals surface area contributed by atoms with Gasteiger partial charge in [-0.3, -0.25) is 9.69 Å². The van der Waals surface area contributed by atoms with Gasteiger partial charge in [0.15, 0.2) is 0 Å². The Bertz CT molecular complexity index is 274. The molecule has 0 aromatic rings. The van der Waals surface area contributed by atoms with Crippen LogP contribution in [0.2, 0.25) is 0 Å². The summed E-state index contributed by atoms with van der Waals surface area (Å²) in [7, 11) is 2.10. The molecule has 1 saturated heterocycles. The van der Waals surface area contributed by atoms with Crippen LogP contribution in [-0.4, -0.2) is 69.7 Å². The summed E-state index contributed by atoms with van der Waals surface area (Å²) in [6.07, 6.45) is 1.67. The zero-order valence-corrected chi connectivity index (χ0v) is 10.9. The Balaban J connectivity index is 0.00000256. The van der Waals surface area contributed by atoms with Crippen molar-refractivity contribution < 1.29 is 9.90 Å². The summed E-state index contributed by atoms with van der Waals surface area (Å²) in [5, 5.41) is 9.00. The molecule has 1 atom stereocenters. The Kier molecular flexibility index (Phi) is 5.70. The Morgan fingerprint density at radius 1 is 1.29 bits per heavy atom. The number of likely N-dealkylation sites (tertiary alicyclic amines) is 1. The molecule has 4 nitrogen and oxygen atoms in total. The molecule has 0 spiro atoms. The number of carboxylic acids is 1. The van der Waals surface area contributed by atoms with E-state index < -0.39 is 12.0 Å². The quantitative estimate of drug-likeness (QED) is 0.708. The van der Waals surface area contributed by atoms with E-state index in [0.29, 0.717) is 0 Å². The first-order valence-corrected chi connectivity index (χ1v) is 5.80. The van der Waals surface area contributed by atoms with Gasteiger partial charge in [0.2, 0.25) is 0 Å². The van der Waals surface area contributed by atoms with Crippen LogP contribution in [0.15, 0.2) is 0 Å². The van der Waals surface area contributed by atoms with Crippen molar-refractivity contribution in [3.63, 3.8) is 0 Å². The van der Waals surface area contributed by atoms with E-state index in [1.807, 2.05) is 0 Å². The van der Waals surface area contributed by atoms with Crippen molar-refractivity contribution in [3.05, 3.63) is 0 Å². The number of nitrogens with two attached hydrogens (primary N) is 1. The third-order valence-corrected chi connectivity index (χ3v) is 4.13. The number of rotatable bonds is 2. The van der Waals surface area contributed by atoms with Gasteiger partial charge in [-0.15, -0.1) is 0 Å². The minimum atomic E-state index is -0.888. The number of piperidine rings is 1. The van der Waals surface area contributed by atoms with Crippen molar-refractivity contribution in [2.75, 3.05) is 7.05 Å². The number of nitrogens with zero attached hydrogens (tertiary/aromatic N) is 1. The second-order valence-electron chi connectivity index (χ2n) is 6.22. The van der Waals surface area contributed by atoms with Crippen molar-refractivity contribution in [2.24, 2.45) is 11.7 Å². The number of carboxylic acid groups (broad SMARTS) is 1. The molecule has 1 heterocycles. The van der Waals surface area contributed by atoms with Gasteiger partial charge in [-0.25, -0.2) is 0 Å². The molecule has 1 aliphatic rings. The number of hydrogen-bond donors (Lipinski definition) is 2. The summed E-state index contributed by atoms with van der Waals surface area (Å²) in [6.45, 7) is 8.59. The summed E-state index contributed by atoms with van der Waals surface area (Å²) in [5.41, 5.74) is 5.76. The molecule has 96 valence electrons. The third kappa shape index (κ3) is 3.67. The molecular formula is C12H25N2NaO2. The van der Waals surface area contributed by atoms with Gasteiger partial charge in [-0.2, -0.15) is 0 Å². The van der Waals surface area contributed by atoms with Gasteiger partial charge in [-0.1, -0.05) is 0 Å². The second-order valence-corrected chi connectivity index (χ2v) is 6.22. The maximum atomic E-state index is 11.0. The molecule has 1 unspecified atom stereocenters. The Morgan fingerprint density at radius 2 is 1.65 bits per heavy atom. The molecule has 1 rings (SSSR count). The Labute approximate surface area is 126 Å². The zero-order chi connectivity index (χ0) is 12.7. The summed E-state index contributed by atoms with van der Waals surface area (Å²) in [4.78, 5) is 13.3. The average Bonchev–Trinajstić information content (AvgIpc) is 2.11. The number of hydrogen-bond acceptors (Lipinski definition) is 3. The molecule has 0 aliphatic carbocycles. The monoisotopic (exact) mass is 252 g/mol. The summed E-state index contributed by atoms with van der Waals surface area (Å²) >= 11 is 0. The minimum absolute atomic E-state index is 0. The fraction of sp³-hybridized carbons (Fsp3) is 0.917. The van der Waals surface area contributed by atoms with E-state index in [1.54, 1.807) is 0 Å². The first-order valence-electron chi connectivity index (χ1n) is 5.80. The SMILES string of the molecule is CN1C(C)(C)CC(C(N)C(=O)O)CC1(C)C.[NaH]. The van der Waals surface area contributed by atoms with Gasteiger partial charge >= 0.3 is 35.5 Å². The molecule has 0 amide bonds. The van der Waals surface area contributed by atoms with Gasteiger partial charge in [0, 0.05) is 11.1 Å². The van der Waals surface area contributed by atoms with E-state index >= 15 is 0 Å². The summed E-state index contributed by atoms with van der Waals surface area (Å²) < 4.78 is 0. The molecule has 0 aromatic heterocycles. The topological polar surface area (TPSA) is 66.6 Å². The van der Waals surface area contributed by atoms with Gasteiger partial charge < -0.3 is 10.8 Å². The predicted molar refractivity (Wildman–Crippen MR) is 71.4 cm³/mol. The number of aliphatic carboxylic acids is 1. The van der Waals surface area contributed by atoms with Crippen molar-refractivity contribution in [2.45, 2.75) is 57.7 Å². The maximum absolute atomic E-state index is 11.0. The van der Waals surface area contributed by atoms with Crippen LogP contribution in [0.5, 0.6) is 0 Å². The molecule has 0 aromatic carbocycles. The van der Waals surface area contributed by atoms with Gasteiger partial charge in [0.1, 0.15) is 6.04 Å². The van der Waals surface area contributed by atoms with Crippen molar-refractivity contribution in [1.82, 2.24) is 4.90 Å². The van der Waals surface area contributed by atoms with Crippen molar-refractivity contribution in [3.8, 4) is 0 Å². The Morgan fingerprint density at radius 3 is 1.94 bits per heavy atom. The molecule has 1 fully saturated rings. The Hall–Kier alpha value is 0.390. The fourth-order valence-electron chi connectivity index (χ4n) is 2.90. The first-order chi connectivity index (χ1) is 7.08. The van der Waals surface area contributed by atoms with E-state index in [9.17, 15) is 4.79 Å². The van der Waals surface area contributed by atoms with E-state index in [1.165, 1.54) is 0 Å². The second kappa shape index (κ2) is 5.57. The van der Waals surface area contributed by atoms with Crippen LogP contribution in [0.3, 0.4) is 0 Å². The van der Waals surface area contributed by atoms with Crippen LogP contribution in [0, 0.1) is 5.92 Å². The molecular weight excluding hydrogens is 227 g/mol. The normalized spacial score (nSPS) is 26.0. The summed E-state index contributed by atoms with van der Waals surface area (Å²) in [5.74, 6) is -0.833. The van der Waals surface area contributed by atoms with Crippen LogP contribution in [0.1, 0.15) is 40.5 Å². The predicted octanol–water partition coefficient (Wildman–Crippen LogP) is 0.649. The van der Waals surface area contributed by atoms with Crippen LogP contribution < -0.4 is 5.73 Å². The van der Waals surface area contributed by atoms with Crippen molar-refractivity contribution >= 4 is 35.5 Å². The standard InChI is InChI=1S/C12H24N2O2.Na.H/c1-11(2)6-8(9(13)10(15)16)7-12(3,4)14(11)5;;/h8-9H,6-7,13H2,1-5H3,(H,15,16);;. The first kappa shape index (κ1) is 17.4. The van der Waals surface area contributed by atoms with Crippen LogP contribution in [0.25, 0.3) is 0 Å². The van der Waals surface area contributed by atoms with Gasteiger partial charge in [-0.05, 0) is 53.5 Å². The van der Waals surface area contributed by atoms with Gasteiger partial charge in [0.05, 0.1) is 0 Å². The molecule has 17 heavy (non-hydrogen) atoms. The molecule has 1 aliphatic heterocycles. The van der Waals surface area contributed by atoms with Gasteiger partial charge in [0.25, 0.3) is 0 Å². The zero-order valence-electron chi connectivity index (χ0n) is 10.9. The molecule has 3 N–H and O–H groups in total. The van der Waals surface area contributed by atoms with E-state index in [4.69, 9.17) is 10.8 Å². The molecule has 0 radical (unpaired) electrons. The molecule has 0 saturated carbocycles. The summed E-state index contributed by atoms with van der Waals surface area (Å²) in [6, 6.07) is -0.743. The van der Waals surface area contributed by atoms with Crippen molar-refractivity contribution in [1.29, 1.82) is 0 Å². The van der Waals surface area contributed by atoms with E-state index in [2.05, 4.69) is 39.6 Å². The average molecular weight is 252 g/mol. The van der Waals surface area contributed by atoms with E-state index in [-0.39, 0.29) is 46.6 Å². The van der Waals surface area contributed by atoms with Crippen LogP contribution >= 0.6 is 0 Å². The third-order valence-electron chi connectivity index (χ3n) is 4.13. The fourth-order valence-corrected chi connectivity index (χ4v) is 2.90. The molecule has 5 heteroatoms. The van der Waals surface area contributed by atoms with Crippen LogP contribution in [0.4, 0.5) is 0 Å².